The molecule has 4 heteroatoms. The van der Waals surface area contributed by atoms with E-state index in [1.807, 2.05) is 24.3 Å². The lowest BCUT2D eigenvalue weighted by Crippen LogP contribution is -2.40. The predicted molar refractivity (Wildman–Crippen MR) is 91.6 cm³/mol. The quantitative estimate of drug-likeness (QED) is 0.626. The second kappa shape index (κ2) is 8.18. The second-order valence-electron chi connectivity index (χ2n) is 6.83. The maximum atomic E-state index is 11.9. The van der Waals surface area contributed by atoms with Crippen molar-refractivity contribution in [3.8, 4) is 0 Å². The van der Waals surface area contributed by atoms with E-state index < -0.39 is 0 Å². The molecule has 2 unspecified atom stereocenters. The van der Waals surface area contributed by atoms with E-state index in [4.69, 9.17) is 5.73 Å². The monoisotopic (exact) mass is 303 g/mol. The molecule has 1 amide bonds. The first-order valence-corrected chi connectivity index (χ1v) is 8.36. The molecule has 3 N–H and O–H groups in total. The maximum Gasteiger partial charge on any atom is 0.224 e. The van der Waals surface area contributed by atoms with Crippen LogP contribution in [0.4, 0.5) is 5.69 Å². The smallest absolute Gasteiger partial charge is 0.224 e. The number of hydrogen-bond donors (Lipinski definition) is 2. The van der Waals surface area contributed by atoms with Crippen LogP contribution >= 0.6 is 0 Å². The number of nitrogen functional groups attached to an aromatic ring is 1. The molecule has 1 aromatic rings. The van der Waals surface area contributed by atoms with E-state index in [0.29, 0.717) is 6.42 Å². The van der Waals surface area contributed by atoms with E-state index in [1.54, 1.807) is 0 Å². The van der Waals surface area contributed by atoms with Crippen molar-refractivity contribution in [2.24, 2.45) is 11.8 Å². The fourth-order valence-corrected chi connectivity index (χ4v) is 3.39. The molecule has 0 bridgehead atoms. The summed E-state index contributed by atoms with van der Waals surface area (Å²) >= 11 is 0. The zero-order chi connectivity index (χ0) is 15.9. The Morgan fingerprint density at radius 2 is 1.86 bits per heavy atom. The molecule has 1 aromatic carbocycles. The van der Waals surface area contributed by atoms with Crippen LogP contribution in [-0.2, 0) is 11.2 Å². The molecular weight excluding hydrogens is 274 g/mol. The molecule has 1 aliphatic rings. The zero-order valence-electron chi connectivity index (χ0n) is 13.8. The van der Waals surface area contributed by atoms with Gasteiger partial charge in [-0.3, -0.25) is 4.79 Å². The van der Waals surface area contributed by atoms with Gasteiger partial charge in [0.25, 0.3) is 0 Å². The molecule has 1 saturated heterocycles. The van der Waals surface area contributed by atoms with Gasteiger partial charge in [-0.05, 0) is 48.9 Å². The molecule has 1 aliphatic heterocycles. The lowest BCUT2D eigenvalue weighted by atomic mass is 9.92. The number of benzene rings is 1. The van der Waals surface area contributed by atoms with Crippen LogP contribution < -0.4 is 11.1 Å². The fourth-order valence-electron chi connectivity index (χ4n) is 3.39. The Labute approximate surface area is 134 Å². The van der Waals surface area contributed by atoms with Gasteiger partial charge in [-0.2, -0.15) is 0 Å². The molecule has 0 aromatic heterocycles. The molecule has 1 heterocycles. The summed E-state index contributed by atoms with van der Waals surface area (Å²) in [4.78, 5) is 14.4. The van der Waals surface area contributed by atoms with Crippen LogP contribution in [0.25, 0.3) is 0 Å². The van der Waals surface area contributed by atoms with Gasteiger partial charge in [-0.1, -0.05) is 26.0 Å². The Hall–Kier alpha value is -1.55. The zero-order valence-corrected chi connectivity index (χ0v) is 13.8. The SMILES string of the molecule is CC1CC(C)CN(CCCNC(=O)Cc2ccc(N)cc2)C1. The van der Waals surface area contributed by atoms with Gasteiger partial charge in [-0.15, -0.1) is 0 Å². The average molecular weight is 303 g/mol. The van der Waals surface area contributed by atoms with Gasteiger partial charge >= 0.3 is 0 Å². The summed E-state index contributed by atoms with van der Waals surface area (Å²) in [7, 11) is 0. The first-order valence-electron chi connectivity index (χ1n) is 8.36. The topological polar surface area (TPSA) is 58.4 Å². The van der Waals surface area contributed by atoms with Crippen molar-refractivity contribution in [1.29, 1.82) is 0 Å². The lowest BCUT2D eigenvalue weighted by Gasteiger charge is -2.34. The number of nitrogens with two attached hydrogens (primary N) is 1. The molecule has 22 heavy (non-hydrogen) atoms. The van der Waals surface area contributed by atoms with E-state index in [0.717, 1.165) is 42.6 Å². The molecule has 0 spiro atoms. The van der Waals surface area contributed by atoms with E-state index in [-0.39, 0.29) is 5.91 Å². The van der Waals surface area contributed by atoms with Crippen molar-refractivity contribution in [2.75, 3.05) is 31.9 Å². The number of carbonyl (C=O) groups excluding carboxylic acids is 1. The molecule has 0 radical (unpaired) electrons. The van der Waals surface area contributed by atoms with Crippen molar-refractivity contribution in [3.63, 3.8) is 0 Å². The Morgan fingerprint density at radius 1 is 1.23 bits per heavy atom. The number of hydrogen-bond acceptors (Lipinski definition) is 3. The summed E-state index contributed by atoms with van der Waals surface area (Å²) in [6.07, 6.45) is 2.79. The van der Waals surface area contributed by atoms with Crippen LogP contribution in [0.5, 0.6) is 0 Å². The predicted octanol–water partition coefficient (Wildman–Crippen LogP) is 2.30. The summed E-state index contributed by atoms with van der Waals surface area (Å²) in [5.41, 5.74) is 7.38. The first kappa shape index (κ1) is 16.8. The Kier molecular flexibility index (Phi) is 6.25. The minimum absolute atomic E-state index is 0.0881. The Balaban J connectivity index is 1.62. The van der Waals surface area contributed by atoms with Crippen molar-refractivity contribution in [1.82, 2.24) is 10.2 Å². The standard InChI is InChI=1S/C18H29N3O/c1-14-10-15(2)13-21(12-14)9-3-8-20-18(22)11-16-4-6-17(19)7-5-16/h4-7,14-15H,3,8-13,19H2,1-2H3,(H,20,22). The van der Waals surface area contributed by atoms with Gasteiger partial charge in [0.05, 0.1) is 6.42 Å². The highest BCUT2D eigenvalue weighted by Crippen LogP contribution is 2.20. The van der Waals surface area contributed by atoms with Crippen molar-refractivity contribution in [3.05, 3.63) is 29.8 Å². The number of likely N-dealkylation sites (tertiary alicyclic amines) is 1. The molecule has 2 atom stereocenters. The molecule has 0 aliphatic carbocycles. The van der Waals surface area contributed by atoms with Crippen LogP contribution in [0.3, 0.4) is 0 Å². The fraction of sp³-hybridized carbons (Fsp3) is 0.611. The van der Waals surface area contributed by atoms with Gasteiger partial charge in [0.15, 0.2) is 0 Å². The summed E-state index contributed by atoms with van der Waals surface area (Å²) < 4.78 is 0. The van der Waals surface area contributed by atoms with Crippen molar-refractivity contribution < 1.29 is 4.79 Å². The molecule has 2 rings (SSSR count). The van der Waals surface area contributed by atoms with Crippen molar-refractivity contribution >= 4 is 11.6 Å². The molecular formula is C18H29N3O. The summed E-state index contributed by atoms with van der Waals surface area (Å²) in [5, 5.41) is 3.01. The van der Waals surface area contributed by atoms with E-state index >= 15 is 0 Å². The first-order chi connectivity index (χ1) is 10.5. The minimum Gasteiger partial charge on any atom is -0.399 e. The van der Waals surface area contributed by atoms with Gasteiger partial charge < -0.3 is 16.0 Å². The molecule has 4 nitrogen and oxygen atoms in total. The van der Waals surface area contributed by atoms with Gasteiger partial charge in [0, 0.05) is 25.3 Å². The van der Waals surface area contributed by atoms with Gasteiger partial charge in [0.1, 0.15) is 0 Å². The highest BCUT2D eigenvalue weighted by atomic mass is 16.1. The lowest BCUT2D eigenvalue weighted by molar-refractivity contribution is -0.120. The van der Waals surface area contributed by atoms with Crippen LogP contribution in [-0.4, -0.2) is 37.0 Å². The number of carbonyl (C=O) groups is 1. The minimum atomic E-state index is 0.0881. The van der Waals surface area contributed by atoms with Crippen LogP contribution in [0.15, 0.2) is 24.3 Å². The maximum absolute atomic E-state index is 11.9. The third-order valence-corrected chi connectivity index (χ3v) is 4.26. The largest absolute Gasteiger partial charge is 0.399 e. The third-order valence-electron chi connectivity index (χ3n) is 4.26. The number of piperidine rings is 1. The third kappa shape index (κ3) is 5.68. The Morgan fingerprint density at radius 3 is 2.50 bits per heavy atom. The summed E-state index contributed by atoms with van der Waals surface area (Å²) in [6.45, 7) is 8.89. The highest BCUT2D eigenvalue weighted by molar-refractivity contribution is 5.78. The van der Waals surface area contributed by atoms with Gasteiger partial charge in [-0.25, -0.2) is 0 Å². The van der Waals surface area contributed by atoms with E-state index in [9.17, 15) is 4.79 Å². The van der Waals surface area contributed by atoms with E-state index in [1.165, 1.54) is 19.5 Å². The number of nitrogens with zero attached hydrogens (tertiary/aromatic N) is 1. The van der Waals surface area contributed by atoms with E-state index in [2.05, 4.69) is 24.1 Å². The van der Waals surface area contributed by atoms with Crippen LogP contribution in [0.2, 0.25) is 0 Å². The van der Waals surface area contributed by atoms with Crippen LogP contribution in [0.1, 0.15) is 32.3 Å². The second-order valence-corrected chi connectivity index (χ2v) is 6.83. The number of anilines is 1. The average Bonchev–Trinajstić information content (AvgIpc) is 2.45. The van der Waals surface area contributed by atoms with Gasteiger partial charge in [0.2, 0.25) is 5.91 Å². The molecule has 122 valence electrons. The Bertz CT molecular complexity index is 462. The molecule has 1 fully saturated rings. The molecule has 0 saturated carbocycles. The number of rotatable bonds is 6. The highest BCUT2D eigenvalue weighted by Gasteiger charge is 2.20. The van der Waals surface area contributed by atoms with Crippen LogP contribution in [0, 0.1) is 11.8 Å². The number of nitrogens with one attached hydrogen (secondary N) is 1. The summed E-state index contributed by atoms with van der Waals surface area (Å²) in [5.74, 6) is 1.68. The summed E-state index contributed by atoms with van der Waals surface area (Å²) in [6, 6.07) is 7.49. The normalized spacial score (nSPS) is 22.5. The number of amides is 1. The van der Waals surface area contributed by atoms with Crippen molar-refractivity contribution in [2.45, 2.75) is 33.1 Å².